The van der Waals surface area contributed by atoms with E-state index in [1.54, 1.807) is 0 Å². The van der Waals surface area contributed by atoms with Gasteiger partial charge in [0.15, 0.2) is 0 Å². The molecule has 4 nitrogen and oxygen atoms in total. The number of hydrogen-bond acceptors (Lipinski definition) is 4. The third-order valence-electron chi connectivity index (χ3n) is 2.57. The van der Waals surface area contributed by atoms with Gasteiger partial charge in [0.05, 0.1) is 0 Å². The van der Waals surface area contributed by atoms with E-state index in [9.17, 15) is 0 Å². The highest BCUT2D eigenvalue weighted by molar-refractivity contribution is 5.56. The lowest BCUT2D eigenvalue weighted by molar-refractivity contribution is 0.825. The number of unbranched alkanes of at least 4 members (excludes halogenated alkanes) is 1. The minimum absolute atomic E-state index is 0.859. The SMILES string of the molecule is CCCCNc1nc(CC)nc(NC)c1C. The molecule has 2 N–H and O–H groups in total. The molecule has 90 valence electrons. The summed E-state index contributed by atoms with van der Waals surface area (Å²) in [6.45, 7) is 7.27. The molecule has 0 radical (unpaired) electrons. The standard InChI is InChI=1S/C12H22N4/c1-5-7-8-14-12-9(3)11(13-4)15-10(6-2)16-12/h5-8H2,1-4H3,(H2,13,14,15,16). The molecule has 0 amide bonds. The first-order valence-corrected chi connectivity index (χ1v) is 6.02. The first-order valence-electron chi connectivity index (χ1n) is 6.02. The van der Waals surface area contributed by atoms with E-state index in [1.165, 1.54) is 12.8 Å². The lowest BCUT2D eigenvalue weighted by Crippen LogP contribution is -2.10. The summed E-state index contributed by atoms with van der Waals surface area (Å²) in [5, 5.41) is 6.48. The van der Waals surface area contributed by atoms with Crippen molar-refractivity contribution in [2.24, 2.45) is 0 Å². The molecule has 0 unspecified atom stereocenters. The van der Waals surface area contributed by atoms with E-state index in [0.29, 0.717) is 0 Å². The molecule has 1 heterocycles. The van der Waals surface area contributed by atoms with Crippen LogP contribution in [0.25, 0.3) is 0 Å². The fourth-order valence-electron chi connectivity index (χ4n) is 1.52. The molecule has 1 aromatic rings. The molecule has 0 fully saturated rings. The largest absolute Gasteiger partial charge is 0.373 e. The molecule has 0 saturated carbocycles. The van der Waals surface area contributed by atoms with E-state index in [-0.39, 0.29) is 0 Å². The van der Waals surface area contributed by atoms with Gasteiger partial charge >= 0.3 is 0 Å². The molecule has 0 spiro atoms. The topological polar surface area (TPSA) is 49.8 Å². The number of nitrogens with zero attached hydrogens (tertiary/aromatic N) is 2. The molecule has 1 aromatic heterocycles. The lowest BCUT2D eigenvalue weighted by Gasteiger charge is -2.12. The quantitative estimate of drug-likeness (QED) is 0.726. The Morgan fingerprint density at radius 1 is 1.12 bits per heavy atom. The van der Waals surface area contributed by atoms with Crippen LogP contribution in [0.1, 0.15) is 38.1 Å². The van der Waals surface area contributed by atoms with Gasteiger partial charge in [-0.2, -0.15) is 0 Å². The van der Waals surface area contributed by atoms with Gasteiger partial charge < -0.3 is 10.6 Å². The summed E-state index contributed by atoms with van der Waals surface area (Å²) in [7, 11) is 1.89. The zero-order valence-electron chi connectivity index (χ0n) is 10.7. The highest BCUT2D eigenvalue weighted by Gasteiger charge is 2.08. The Labute approximate surface area is 97.9 Å². The van der Waals surface area contributed by atoms with Crippen molar-refractivity contribution in [2.75, 3.05) is 24.2 Å². The molecule has 0 bridgehead atoms. The summed E-state index contributed by atoms with van der Waals surface area (Å²) >= 11 is 0. The van der Waals surface area contributed by atoms with E-state index in [0.717, 1.165) is 36.0 Å². The van der Waals surface area contributed by atoms with E-state index < -0.39 is 0 Å². The zero-order valence-corrected chi connectivity index (χ0v) is 10.7. The van der Waals surface area contributed by atoms with E-state index in [1.807, 2.05) is 14.0 Å². The van der Waals surface area contributed by atoms with Gasteiger partial charge in [-0.05, 0) is 13.3 Å². The average Bonchev–Trinajstić information content (AvgIpc) is 2.31. The van der Waals surface area contributed by atoms with Crippen molar-refractivity contribution in [1.29, 1.82) is 0 Å². The summed E-state index contributed by atoms with van der Waals surface area (Å²) in [4.78, 5) is 8.94. The van der Waals surface area contributed by atoms with Crippen LogP contribution in [0.5, 0.6) is 0 Å². The Hall–Kier alpha value is -1.32. The van der Waals surface area contributed by atoms with E-state index in [4.69, 9.17) is 0 Å². The van der Waals surface area contributed by atoms with Crippen molar-refractivity contribution in [3.63, 3.8) is 0 Å². The summed E-state index contributed by atoms with van der Waals surface area (Å²) in [5.41, 5.74) is 1.09. The Kier molecular flexibility index (Phi) is 5.02. The van der Waals surface area contributed by atoms with Crippen LogP contribution in [0.2, 0.25) is 0 Å². The third-order valence-corrected chi connectivity index (χ3v) is 2.57. The van der Waals surface area contributed by atoms with E-state index in [2.05, 4.69) is 34.4 Å². The van der Waals surface area contributed by atoms with Crippen molar-refractivity contribution >= 4 is 11.6 Å². The number of rotatable bonds is 6. The number of aromatic nitrogens is 2. The first kappa shape index (κ1) is 12.7. The summed E-state index contributed by atoms with van der Waals surface area (Å²) < 4.78 is 0. The van der Waals surface area contributed by atoms with Gasteiger partial charge in [0.25, 0.3) is 0 Å². The number of nitrogens with one attached hydrogen (secondary N) is 2. The maximum atomic E-state index is 4.51. The van der Waals surface area contributed by atoms with Crippen molar-refractivity contribution in [3.05, 3.63) is 11.4 Å². The van der Waals surface area contributed by atoms with Gasteiger partial charge in [0, 0.05) is 25.6 Å². The van der Waals surface area contributed by atoms with Crippen molar-refractivity contribution in [1.82, 2.24) is 9.97 Å². The molecule has 0 aliphatic heterocycles. The maximum Gasteiger partial charge on any atom is 0.134 e. The molecule has 0 saturated heterocycles. The minimum atomic E-state index is 0.859. The summed E-state index contributed by atoms with van der Waals surface area (Å²) in [6, 6.07) is 0. The summed E-state index contributed by atoms with van der Waals surface area (Å²) in [6.07, 6.45) is 3.22. The second-order valence-corrected chi connectivity index (χ2v) is 3.85. The van der Waals surface area contributed by atoms with Crippen LogP contribution in [-0.2, 0) is 6.42 Å². The average molecular weight is 222 g/mol. The van der Waals surface area contributed by atoms with Gasteiger partial charge in [0.2, 0.25) is 0 Å². The number of aryl methyl sites for hydroxylation is 1. The van der Waals surface area contributed by atoms with Crippen molar-refractivity contribution in [3.8, 4) is 0 Å². The Morgan fingerprint density at radius 2 is 1.81 bits per heavy atom. The molecular formula is C12H22N4. The molecule has 16 heavy (non-hydrogen) atoms. The monoisotopic (exact) mass is 222 g/mol. The van der Waals surface area contributed by atoms with Gasteiger partial charge in [-0.25, -0.2) is 9.97 Å². The van der Waals surface area contributed by atoms with Crippen LogP contribution in [0.15, 0.2) is 0 Å². The predicted molar refractivity (Wildman–Crippen MR) is 69.1 cm³/mol. The smallest absolute Gasteiger partial charge is 0.134 e. The lowest BCUT2D eigenvalue weighted by atomic mass is 10.2. The molecule has 4 heteroatoms. The fourth-order valence-corrected chi connectivity index (χ4v) is 1.52. The van der Waals surface area contributed by atoms with Crippen molar-refractivity contribution < 1.29 is 0 Å². The number of anilines is 2. The molecule has 0 aliphatic rings. The molecule has 0 aromatic carbocycles. The van der Waals surface area contributed by atoms with Crippen molar-refractivity contribution in [2.45, 2.75) is 40.0 Å². The van der Waals surface area contributed by atoms with E-state index >= 15 is 0 Å². The predicted octanol–water partition coefficient (Wildman–Crippen LogP) is 2.60. The second-order valence-electron chi connectivity index (χ2n) is 3.85. The first-order chi connectivity index (χ1) is 7.72. The van der Waals surface area contributed by atoms with Crippen LogP contribution in [0.4, 0.5) is 11.6 Å². The van der Waals surface area contributed by atoms with Gasteiger partial charge in [-0.15, -0.1) is 0 Å². The van der Waals surface area contributed by atoms with Gasteiger partial charge in [-0.1, -0.05) is 20.3 Å². The fraction of sp³-hybridized carbons (Fsp3) is 0.667. The molecule has 0 aliphatic carbocycles. The Balaban J connectivity index is 2.88. The zero-order chi connectivity index (χ0) is 12.0. The minimum Gasteiger partial charge on any atom is -0.373 e. The maximum absolute atomic E-state index is 4.51. The Morgan fingerprint density at radius 3 is 2.38 bits per heavy atom. The Bertz CT molecular complexity index is 336. The second kappa shape index (κ2) is 6.30. The van der Waals surface area contributed by atoms with Crippen LogP contribution in [0.3, 0.4) is 0 Å². The highest BCUT2D eigenvalue weighted by Crippen LogP contribution is 2.19. The van der Waals surface area contributed by atoms with Crippen LogP contribution >= 0.6 is 0 Å². The summed E-state index contributed by atoms with van der Waals surface area (Å²) in [5.74, 6) is 2.77. The number of hydrogen-bond donors (Lipinski definition) is 2. The van der Waals surface area contributed by atoms with Crippen LogP contribution in [0, 0.1) is 6.92 Å². The molecular weight excluding hydrogens is 200 g/mol. The van der Waals surface area contributed by atoms with Gasteiger partial charge in [-0.3, -0.25) is 0 Å². The van der Waals surface area contributed by atoms with Crippen LogP contribution in [-0.4, -0.2) is 23.6 Å². The molecule has 1 rings (SSSR count). The normalized spacial score (nSPS) is 10.2. The third kappa shape index (κ3) is 3.08. The van der Waals surface area contributed by atoms with Gasteiger partial charge in [0.1, 0.15) is 17.5 Å². The molecule has 0 atom stereocenters. The highest BCUT2D eigenvalue weighted by atomic mass is 15.1. The van der Waals surface area contributed by atoms with Crippen LogP contribution < -0.4 is 10.6 Å².